The quantitative estimate of drug-likeness (QED) is 0.811. The van der Waals surface area contributed by atoms with Crippen LogP contribution in [0.15, 0.2) is 30.3 Å². The molecule has 104 valence electrons. The molecule has 0 N–H and O–H groups in total. The summed E-state index contributed by atoms with van der Waals surface area (Å²) in [5, 5.41) is 0. The van der Waals surface area contributed by atoms with Crippen molar-refractivity contribution >= 4 is 5.91 Å². The Balaban J connectivity index is 1.88. The third kappa shape index (κ3) is 3.57. The number of nitrogens with zero attached hydrogens (tertiary/aromatic N) is 2. The second kappa shape index (κ2) is 6.71. The topological polar surface area (TPSA) is 23.6 Å². The highest BCUT2D eigenvalue weighted by Crippen LogP contribution is 2.20. The number of amides is 1. The summed E-state index contributed by atoms with van der Waals surface area (Å²) in [6.45, 7) is 8.66. The van der Waals surface area contributed by atoms with Crippen LogP contribution in [-0.4, -0.2) is 41.9 Å². The molecule has 1 aromatic rings. The van der Waals surface area contributed by atoms with Gasteiger partial charge >= 0.3 is 0 Å². The van der Waals surface area contributed by atoms with Crippen LogP contribution in [0.2, 0.25) is 0 Å². The third-order valence-corrected chi connectivity index (χ3v) is 3.95. The first-order valence-corrected chi connectivity index (χ1v) is 7.29. The van der Waals surface area contributed by atoms with Crippen molar-refractivity contribution in [3.05, 3.63) is 35.9 Å². The van der Waals surface area contributed by atoms with Crippen LogP contribution in [0.4, 0.5) is 0 Å². The van der Waals surface area contributed by atoms with E-state index in [9.17, 15) is 4.79 Å². The molecule has 2 rings (SSSR count). The van der Waals surface area contributed by atoms with Crippen LogP contribution in [0, 0.1) is 5.92 Å². The molecule has 1 aliphatic heterocycles. The molecule has 19 heavy (non-hydrogen) atoms. The zero-order valence-electron chi connectivity index (χ0n) is 12.0. The fraction of sp³-hybridized carbons (Fsp3) is 0.562. The normalized spacial score (nSPS) is 19.6. The van der Waals surface area contributed by atoms with E-state index in [-0.39, 0.29) is 5.92 Å². The molecule has 0 saturated carbocycles. The Labute approximate surface area is 116 Å². The van der Waals surface area contributed by atoms with Crippen LogP contribution in [0.3, 0.4) is 0 Å². The maximum Gasteiger partial charge on any atom is 0.227 e. The summed E-state index contributed by atoms with van der Waals surface area (Å²) >= 11 is 0. The van der Waals surface area contributed by atoms with E-state index >= 15 is 0 Å². The molecule has 1 unspecified atom stereocenters. The smallest absolute Gasteiger partial charge is 0.227 e. The predicted molar refractivity (Wildman–Crippen MR) is 77.8 cm³/mol. The van der Waals surface area contributed by atoms with Gasteiger partial charge < -0.3 is 4.90 Å². The Morgan fingerprint density at radius 3 is 2.58 bits per heavy atom. The zero-order valence-corrected chi connectivity index (χ0v) is 12.0. The highest BCUT2D eigenvalue weighted by Gasteiger charge is 2.30. The van der Waals surface area contributed by atoms with E-state index in [4.69, 9.17) is 0 Å². The van der Waals surface area contributed by atoms with Crippen molar-refractivity contribution in [1.82, 2.24) is 9.80 Å². The van der Waals surface area contributed by atoms with Crippen LogP contribution in [0.5, 0.6) is 0 Å². The lowest BCUT2D eigenvalue weighted by Gasteiger charge is -2.23. The van der Waals surface area contributed by atoms with E-state index < -0.39 is 0 Å². The summed E-state index contributed by atoms with van der Waals surface area (Å²) in [7, 11) is 0. The lowest BCUT2D eigenvalue weighted by Crippen LogP contribution is -2.37. The van der Waals surface area contributed by atoms with Gasteiger partial charge in [0, 0.05) is 26.2 Å². The van der Waals surface area contributed by atoms with E-state index in [0.717, 1.165) is 39.1 Å². The van der Waals surface area contributed by atoms with Crippen molar-refractivity contribution in [3.8, 4) is 0 Å². The molecule has 1 aliphatic rings. The molecule has 1 heterocycles. The number of hydrogen-bond acceptors (Lipinski definition) is 2. The molecule has 3 heteroatoms. The van der Waals surface area contributed by atoms with Crippen LogP contribution in [0.1, 0.15) is 25.8 Å². The van der Waals surface area contributed by atoms with Gasteiger partial charge in [-0.3, -0.25) is 9.69 Å². The fourth-order valence-corrected chi connectivity index (χ4v) is 2.81. The van der Waals surface area contributed by atoms with Crippen molar-refractivity contribution in [2.24, 2.45) is 5.92 Å². The summed E-state index contributed by atoms with van der Waals surface area (Å²) in [6.07, 6.45) is 1.00. The summed E-state index contributed by atoms with van der Waals surface area (Å²) in [5.41, 5.74) is 1.33. The van der Waals surface area contributed by atoms with Crippen molar-refractivity contribution in [2.45, 2.75) is 26.8 Å². The van der Waals surface area contributed by atoms with Gasteiger partial charge in [-0.25, -0.2) is 0 Å². The monoisotopic (exact) mass is 260 g/mol. The van der Waals surface area contributed by atoms with Gasteiger partial charge in [0.05, 0.1) is 5.92 Å². The van der Waals surface area contributed by atoms with Crippen molar-refractivity contribution in [3.63, 3.8) is 0 Å². The van der Waals surface area contributed by atoms with Crippen LogP contribution >= 0.6 is 0 Å². The number of carbonyl (C=O) groups excluding carboxylic acids is 1. The van der Waals surface area contributed by atoms with Gasteiger partial charge in [-0.1, -0.05) is 30.3 Å². The largest absolute Gasteiger partial charge is 0.343 e. The molecule has 1 saturated heterocycles. The number of likely N-dealkylation sites (tertiary alicyclic amines) is 1. The first kappa shape index (κ1) is 14.1. The molecule has 0 spiro atoms. The van der Waals surface area contributed by atoms with Crippen LogP contribution in [-0.2, 0) is 11.3 Å². The van der Waals surface area contributed by atoms with Crippen LogP contribution < -0.4 is 0 Å². The first-order valence-electron chi connectivity index (χ1n) is 7.29. The van der Waals surface area contributed by atoms with E-state index in [1.165, 1.54) is 5.56 Å². The Kier molecular flexibility index (Phi) is 4.97. The predicted octanol–water partition coefficient (Wildman–Crippen LogP) is 2.38. The van der Waals surface area contributed by atoms with E-state index in [1.807, 2.05) is 11.0 Å². The van der Waals surface area contributed by atoms with Gasteiger partial charge in [-0.05, 0) is 32.4 Å². The summed E-state index contributed by atoms with van der Waals surface area (Å²) in [6, 6.07) is 10.5. The lowest BCUT2D eigenvalue weighted by atomic mass is 10.1. The minimum Gasteiger partial charge on any atom is -0.343 e. The van der Waals surface area contributed by atoms with Gasteiger partial charge in [0.1, 0.15) is 0 Å². The zero-order chi connectivity index (χ0) is 13.7. The Bertz CT molecular complexity index is 400. The average Bonchev–Trinajstić information content (AvgIpc) is 2.89. The van der Waals surface area contributed by atoms with Crippen molar-refractivity contribution in [2.75, 3.05) is 26.2 Å². The molecule has 1 aromatic carbocycles. The minimum absolute atomic E-state index is 0.198. The van der Waals surface area contributed by atoms with Gasteiger partial charge in [0.15, 0.2) is 0 Å². The molecule has 0 bridgehead atoms. The molecule has 0 aliphatic carbocycles. The summed E-state index contributed by atoms with van der Waals surface area (Å²) in [5.74, 6) is 0.532. The van der Waals surface area contributed by atoms with Gasteiger partial charge in [-0.2, -0.15) is 0 Å². The maximum atomic E-state index is 12.3. The first-order chi connectivity index (χ1) is 9.24. The molecule has 0 aromatic heterocycles. The van der Waals surface area contributed by atoms with Gasteiger partial charge in [-0.15, -0.1) is 0 Å². The molecule has 1 fully saturated rings. The summed E-state index contributed by atoms with van der Waals surface area (Å²) in [4.78, 5) is 16.7. The second-order valence-electron chi connectivity index (χ2n) is 5.22. The number of hydrogen-bond donors (Lipinski definition) is 0. The fourth-order valence-electron chi connectivity index (χ4n) is 2.81. The molecule has 0 radical (unpaired) electrons. The standard InChI is InChI=1S/C16H24N2O/c1-3-18(4-2)16(19)15-10-11-17(13-15)12-14-8-6-5-7-9-14/h5-9,15H,3-4,10-13H2,1-2H3. The molecular formula is C16H24N2O. The number of rotatable bonds is 5. The van der Waals surface area contributed by atoms with E-state index in [2.05, 4.69) is 43.0 Å². The highest BCUT2D eigenvalue weighted by molar-refractivity contribution is 5.79. The SMILES string of the molecule is CCN(CC)C(=O)C1CCN(Cc2ccccc2)C1. The number of carbonyl (C=O) groups is 1. The maximum absolute atomic E-state index is 12.3. The Morgan fingerprint density at radius 1 is 1.26 bits per heavy atom. The Hall–Kier alpha value is -1.35. The summed E-state index contributed by atoms with van der Waals surface area (Å²) < 4.78 is 0. The van der Waals surface area contributed by atoms with Crippen molar-refractivity contribution < 1.29 is 4.79 Å². The third-order valence-electron chi connectivity index (χ3n) is 3.95. The minimum atomic E-state index is 0.198. The second-order valence-corrected chi connectivity index (χ2v) is 5.22. The average molecular weight is 260 g/mol. The number of benzene rings is 1. The van der Waals surface area contributed by atoms with E-state index in [0.29, 0.717) is 5.91 Å². The van der Waals surface area contributed by atoms with Crippen LogP contribution in [0.25, 0.3) is 0 Å². The molecular weight excluding hydrogens is 236 g/mol. The molecule has 1 atom stereocenters. The molecule has 3 nitrogen and oxygen atoms in total. The highest BCUT2D eigenvalue weighted by atomic mass is 16.2. The van der Waals surface area contributed by atoms with Gasteiger partial charge in [0.2, 0.25) is 5.91 Å². The Morgan fingerprint density at radius 2 is 1.95 bits per heavy atom. The van der Waals surface area contributed by atoms with Gasteiger partial charge in [0.25, 0.3) is 0 Å². The van der Waals surface area contributed by atoms with Crippen molar-refractivity contribution in [1.29, 1.82) is 0 Å². The van der Waals surface area contributed by atoms with E-state index in [1.54, 1.807) is 0 Å². The lowest BCUT2D eigenvalue weighted by molar-refractivity contribution is -0.134. The molecule has 1 amide bonds.